The molecule has 0 saturated heterocycles. The van der Waals surface area contributed by atoms with Crippen LogP contribution in [0.25, 0.3) is 6.08 Å². The van der Waals surface area contributed by atoms with E-state index >= 15 is 0 Å². The van der Waals surface area contributed by atoms with Gasteiger partial charge in [-0.05, 0) is 67.2 Å². The summed E-state index contributed by atoms with van der Waals surface area (Å²) in [5, 5.41) is 3.68. The highest BCUT2D eigenvalue weighted by atomic mass is 35.5. The molecule has 0 unspecified atom stereocenters. The molecule has 0 aromatic heterocycles. The van der Waals surface area contributed by atoms with Crippen molar-refractivity contribution in [1.82, 2.24) is 10.0 Å². The van der Waals surface area contributed by atoms with Gasteiger partial charge in [0.15, 0.2) is 0 Å². The van der Waals surface area contributed by atoms with Gasteiger partial charge in [-0.1, -0.05) is 35.9 Å². The van der Waals surface area contributed by atoms with Crippen LogP contribution >= 0.6 is 11.6 Å². The summed E-state index contributed by atoms with van der Waals surface area (Å²) in [4.78, 5) is 12.4. The fourth-order valence-electron chi connectivity index (χ4n) is 3.26. The van der Waals surface area contributed by atoms with Crippen molar-refractivity contribution in [3.63, 3.8) is 0 Å². The molecule has 7 heteroatoms. The van der Waals surface area contributed by atoms with E-state index < -0.39 is 10.0 Å². The van der Waals surface area contributed by atoms with Gasteiger partial charge in [0.05, 0.1) is 4.90 Å². The van der Waals surface area contributed by atoms with E-state index in [1.807, 2.05) is 24.3 Å². The van der Waals surface area contributed by atoms with Gasteiger partial charge in [-0.2, -0.15) is 0 Å². The second-order valence-electron chi connectivity index (χ2n) is 7.80. The van der Waals surface area contributed by atoms with Crippen molar-refractivity contribution < 1.29 is 13.2 Å². The molecule has 1 amide bonds. The van der Waals surface area contributed by atoms with Crippen LogP contribution in [0.15, 0.2) is 59.5 Å². The number of halogens is 1. The number of hydrogen-bond donors (Lipinski definition) is 2. The van der Waals surface area contributed by atoms with Crippen LogP contribution in [0.4, 0.5) is 0 Å². The van der Waals surface area contributed by atoms with E-state index in [1.165, 1.54) is 11.6 Å². The molecule has 29 heavy (non-hydrogen) atoms. The topological polar surface area (TPSA) is 75.3 Å². The highest BCUT2D eigenvalue weighted by Crippen LogP contribution is 2.47. The summed E-state index contributed by atoms with van der Waals surface area (Å²) in [5.74, 6) is -0.169. The van der Waals surface area contributed by atoms with Crippen molar-refractivity contribution >= 4 is 33.6 Å². The normalized spacial score (nSPS) is 18.0. The van der Waals surface area contributed by atoms with Crippen molar-refractivity contribution in [2.45, 2.75) is 42.0 Å². The molecule has 2 fully saturated rings. The lowest BCUT2D eigenvalue weighted by Crippen LogP contribution is -2.30. The lowest BCUT2D eigenvalue weighted by molar-refractivity contribution is -0.116. The Morgan fingerprint density at radius 3 is 2.31 bits per heavy atom. The molecule has 2 aromatic carbocycles. The third-order valence-corrected chi connectivity index (χ3v) is 7.22. The number of hydrogen-bond acceptors (Lipinski definition) is 3. The van der Waals surface area contributed by atoms with Crippen molar-refractivity contribution in [1.29, 1.82) is 0 Å². The predicted octanol–water partition coefficient (Wildman–Crippen LogP) is 3.64. The number of carbonyl (C=O) groups is 1. The third kappa shape index (κ3) is 5.07. The van der Waals surface area contributed by atoms with Gasteiger partial charge in [0.25, 0.3) is 0 Å². The van der Waals surface area contributed by atoms with Gasteiger partial charge in [0, 0.05) is 29.1 Å². The van der Waals surface area contributed by atoms with Gasteiger partial charge in [-0.15, -0.1) is 0 Å². The molecule has 0 radical (unpaired) electrons. The van der Waals surface area contributed by atoms with Crippen LogP contribution in [0.3, 0.4) is 0 Å². The molecule has 5 nitrogen and oxygen atoms in total. The van der Waals surface area contributed by atoms with Crippen molar-refractivity contribution in [2.75, 3.05) is 6.54 Å². The molecule has 2 aliphatic rings. The first kappa shape index (κ1) is 20.1. The molecule has 2 aromatic rings. The Kier molecular flexibility index (Phi) is 5.51. The van der Waals surface area contributed by atoms with Crippen LogP contribution in [0.2, 0.25) is 5.02 Å². The first-order valence-electron chi connectivity index (χ1n) is 9.71. The summed E-state index contributed by atoms with van der Waals surface area (Å²) in [7, 11) is -3.45. The molecule has 0 heterocycles. The van der Waals surface area contributed by atoms with E-state index in [4.69, 9.17) is 11.6 Å². The molecule has 2 saturated carbocycles. The Hall–Kier alpha value is -2.15. The first-order chi connectivity index (χ1) is 13.9. The average Bonchev–Trinajstić information content (AvgIpc) is 3.62. The minimum absolute atomic E-state index is 0.0126. The van der Waals surface area contributed by atoms with Crippen LogP contribution in [-0.2, 0) is 20.2 Å². The number of carbonyl (C=O) groups excluding carboxylic acids is 1. The zero-order valence-corrected chi connectivity index (χ0v) is 17.5. The van der Waals surface area contributed by atoms with E-state index in [0.717, 1.165) is 31.2 Å². The van der Waals surface area contributed by atoms with Gasteiger partial charge in [0.2, 0.25) is 15.9 Å². The van der Waals surface area contributed by atoms with Crippen LogP contribution in [0, 0.1) is 0 Å². The molecule has 152 valence electrons. The average molecular weight is 431 g/mol. The van der Waals surface area contributed by atoms with E-state index in [9.17, 15) is 13.2 Å². The maximum Gasteiger partial charge on any atom is 0.244 e. The summed E-state index contributed by atoms with van der Waals surface area (Å²) < 4.78 is 27.0. The number of nitrogens with one attached hydrogen (secondary N) is 2. The fraction of sp³-hybridized carbons (Fsp3) is 0.318. The molecule has 0 spiro atoms. The van der Waals surface area contributed by atoms with Crippen molar-refractivity contribution in [2.24, 2.45) is 0 Å². The minimum Gasteiger partial charge on any atom is -0.352 e. The quantitative estimate of drug-likeness (QED) is 0.628. The number of amides is 1. The van der Waals surface area contributed by atoms with Crippen LogP contribution in [-0.4, -0.2) is 26.9 Å². The van der Waals surface area contributed by atoms with Gasteiger partial charge < -0.3 is 5.32 Å². The summed E-state index contributed by atoms with van der Waals surface area (Å²) in [6.45, 7) is 0.585. The highest BCUT2D eigenvalue weighted by Gasteiger charge is 2.44. The minimum atomic E-state index is -3.45. The molecule has 2 aliphatic carbocycles. The predicted molar refractivity (Wildman–Crippen MR) is 114 cm³/mol. The first-order valence-corrected chi connectivity index (χ1v) is 11.6. The van der Waals surface area contributed by atoms with E-state index in [-0.39, 0.29) is 22.3 Å². The summed E-state index contributed by atoms with van der Waals surface area (Å²) >= 11 is 5.95. The van der Waals surface area contributed by atoms with Crippen molar-refractivity contribution in [3.05, 3.63) is 70.8 Å². The number of benzene rings is 2. The van der Waals surface area contributed by atoms with Gasteiger partial charge in [-0.25, -0.2) is 13.1 Å². The van der Waals surface area contributed by atoms with E-state index in [1.54, 1.807) is 30.3 Å². The second-order valence-corrected chi connectivity index (χ2v) is 9.95. The Morgan fingerprint density at radius 2 is 1.72 bits per heavy atom. The number of rotatable bonds is 8. The van der Waals surface area contributed by atoms with Gasteiger partial charge >= 0.3 is 0 Å². The lowest BCUT2D eigenvalue weighted by atomic mass is 9.96. The molecule has 0 atom stereocenters. The lowest BCUT2D eigenvalue weighted by Gasteiger charge is -2.16. The molecule has 4 rings (SSSR count). The standard InChI is InChI=1S/C22H23ClN2O3S/c23-18-6-4-17(5-7-18)22(13-14-22)15-24-21(26)12-3-16-1-10-20(11-2-16)29(27,28)25-19-8-9-19/h1-7,10-12,19,25H,8-9,13-15H2,(H,24,26)/b12-3+. The summed E-state index contributed by atoms with van der Waals surface area (Å²) in [6.07, 6.45) is 7.04. The third-order valence-electron chi connectivity index (χ3n) is 5.43. The molecule has 0 bridgehead atoms. The Bertz CT molecular complexity index is 1020. The SMILES string of the molecule is O=C(/C=C/c1ccc(S(=O)(=O)NC2CC2)cc1)NCC1(c2ccc(Cl)cc2)CC1. The largest absolute Gasteiger partial charge is 0.352 e. The fourth-order valence-corrected chi connectivity index (χ4v) is 4.69. The Balaban J connectivity index is 1.32. The van der Waals surface area contributed by atoms with Gasteiger partial charge in [0.1, 0.15) is 0 Å². The summed E-state index contributed by atoms with van der Waals surface area (Å²) in [5.41, 5.74) is 1.98. The van der Waals surface area contributed by atoms with Gasteiger partial charge in [-0.3, -0.25) is 4.79 Å². The molecule has 2 N–H and O–H groups in total. The van der Waals surface area contributed by atoms with Crippen LogP contribution < -0.4 is 10.0 Å². The zero-order valence-electron chi connectivity index (χ0n) is 15.9. The Labute approximate surface area is 176 Å². The van der Waals surface area contributed by atoms with Crippen LogP contribution in [0.1, 0.15) is 36.8 Å². The van der Waals surface area contributed by atoms with E-state index in [2.05, 4.69) is 10.0 Å². The monoisotopic (exact) mass is 430 g/mol. The molecule has 0 aliphatic heterocycles. The maximum absolute atomic E-state index is 12.2. The molecular weight excluding hydrogens is 408 g/mol. The maximum atomic E-state index is 12.2. The smallest absolute Gasteiger partial charge is 0.244 e. The van der Waals surface area contributed by atoms with Crippen LogP contribution in [0.5, 0.6) is 0 Å². The zero-order chi connectivity index (χ0) is 20.5. The second kappa shape index (κ2) is 7.94. The number of sulfonamides is 1. The summed E-state index contributed by atoms with van der Waals surface area (Å²) in [6, 6.07) is 14.4. The van der Waals surface area contributed by atoms with Crippen molar-refractivity contribution in [3.8, 4) is 0 Å². The highest BCUT2D eigenvalue weighted by molar-refractivity contribution is 7.89. The molecular formula is C22H23ClN2O3S. The Morgan fingerprint density at radius 1 is 1.07 bits per heavy atom. The van der Waals surface area contributed by atoms with E-state index in [0.29, 0.717) is 11.6 Å².